The molecule has 1 N–H and O–H groups in total. The highest BCUT2D eigenvalue weighted by Crippen LogP contribution is 2.36. The first kappa shape index (κ1) is 18.4. The minimum Gasteiger partial charge on any atom is -0.325 e. The summed E-state index contributed by atoms with van der Waals surface area (Å²) in [6.07, 6.45) is 2.23. The lowest BCUT2D eigenvalue weighted by molar-refractivity contribution is -0.113. The predicted octanol–water partition coefficient (Wildman–Crippen LogP) is 1.49. The van der Waals surface area contributed by atoms with Gasteiger partial charge in [0.2, 0.25) is 11.1 Å². The van der Waals surface area contributed by atoms with Crippen LogP contribution in [0.5, 0.6) is 0 Å². The van der Waals surface area contributed by atoms with E-state index in [0.717, 1.165) is 56.4 Å². The van der Waals surface area contributed by atoms with Gasteiger partial charge in [0, 0.05) is 38.4 Å². The molecule has 2 aromatic rings. The molecule has 2 fully saturated rings. The first-order chi connectivity index (χ1) is 13.2. The number of tetrazole rings is 1. The Bertz CT molecular complexity index is 784. The fourth-order valence-corrected chi connectivity index (χ4v) is 3.91. The van der Waals surface area contributed by atoms with Crippen molar-refractivity contribution in [1.82, 2.24) is 30.0 Å². The quantitative estimate of drug-likeness (QED) is 0.721. The first-order valence-electron chi connectivity index (χ1n) is 9.38. The maximum absolute atomic E-state index is 12.3. The third kappa shape index (κ3) is 5.06. The normalized spacial score (nSPS) is 18.6. The topological polar surface area (TPSA) is 79.2 Å². The van der Waals surface area contributed by atoms with Crippen molar-refractivity contribution in [1.29, 1.82) is 0 Å². The smallest absolute Gasteiger partial charge is 0.234 e. The number of likely N-dealkylation sites (N-methyl/N-ethyl adjacent to an activating group) is 1. The number of thioether (sulfide) groups is 1. The minimum atomic E-state index is -0.0397. The maximum atomic E-state index is 12.3. The average Bonchev–Trinajstić information content (AvgIpc) is 3.40. The Hall–Kier alpha value is -1.97. The van der Waals surface area contributed by atoms with E-state index < -0.39 is 0 Å². The summed E-state index contributed by atoms with van der Waals surface area (Å²) in [5.74, 6) is 0.262. The van der Waals surface area contributed by atoms with Gasteiger partial charge in [-0.3, -0.25) is 9.69 Å². The van der Waals surface area contributed by atoms with Crippen LogP contribution < -0.4 is 5.32 Å². The summed E-state index contributed by atoms with van der Waals surface area (Å²) in [7, 11) is 2.16. The molecular formula is C18H25N7OS. The highest BCUT2D eigenvalue weighted by atomic mass is 32.2. The Morgan fingerprint density at radius 2 is 2.07 bits per heavy atom. The molecule has 1 aliphatic heterocycles. The molecule has 1 aromatic carbocycles. The second-order valence-corrected chi connectivity index (χ2v) is 8.20. The average molecular weight is 388 g/mol. The Labute approximate surface area is 163 Å². The van der Waals surface area contributed by atoms with Crippen molar-refractivity contribution < 1.29 is 4.79 Å². The number of benzene rings is 1. The van der Waals surface area contributed by atoms with E-state index in [1.165, 1.54) is 17.3 Å². The number of nitrogens with one attached hydrogen (secondary N) is 1. The monoisotopic (exact) mass is 387 g/mol. The molecule has 0 atom stereocenters. The summed E-state index contributed by atoms with van der Waals surface area (Å²) in [4.78, 5) is 17.1. The molecule has 144 valence electrons. The summed E-state index contributed by atoms with van der Waals surface area (Å²) >= 11 is 1.38. The highest BCUT2D eigenvalue weighted by Gasteiger charge is 2.28. The van der Waals surface area contributed by atoms with Gasteiger partial charge in [-0.2, -0.15) is 0 Å². The molecule has 8 nitrogen and oxygen atoms in total. The zero-order chi connectivity index (χ0) is 18.6. The van der Waals surface area contributed by atoms with Gasteiger partial charge in [0.05, 0.1) is 11.8 Å². The van der Waals surface area contributed by atoms with Crippen molar-refractivity contribution in [2.24, 2.45) is 0 Å². The van der Waals surface area contributed by atoms with Crippen molar-refractivity contribution in [3.05, 3.63) is 29.8 Å². The van der Waals surface area contributed by atoms with Crippen molar-refractivity contribution in [3.8, 4) is 0 Å². The molecule has 1 saturated carbocycles. The standard InChI is InChI=1S/C18H25N7OS/c1-23-7-9-24(10-8-23)12-14-3-2-4-15(11-14)19-17(26)13-27-18-20-21-22-25(18)16-5-6-16/h2-4,11,16H,5-10,12-13H2,1H3,(H,19,26). The van der Waals surface area contributed by atoms with Crippen LogP contribution in [0.4, 0.5) is 5.69 Å². The Balaban J connectivity index is 1.28. The number of rotatable bonds is 7. The molecule has 4 rings (SSSR count). The number of piperazine rings is 1. The third-order valence-corrected chi connectivity index (χ3v) is 5.83. The van der Waals surface area contributed by atoms with Crippen molar-refractivity contribution >= 4 is 23.4 Å². The Morgan fingerprint density at radius 3 is 2.85 bits per heavy atom. The second-order valence-electron chi connectivity index (χ2n) is 7.25. The lowest BCUT2D eigenvalue weighted by Gasteiger charge is -2.32. The zero-order valence-corrected chi connectivity index (χ0v) is 16.4. The molecule has 0 radical (unpaired) electrons. The van der Waals surface area contributed by atoms with Crippen molar-refractivity contribution in [2.45, 2.75) is 30.6 Å². The number of nitrogens with zero attached hydrogens (tertiary/aromatic N) is 6. The highest BCUT2D eigenvalue weighted by molar-refractivity contribution is 7.99. The largest absolute Gasteiger partial charge is 0.325 e. The summed E-state index contributed by atoms with van der Waals surface area (Å²) in [5.41, 5.74) is 2.07. The number of anilines is 1. The summed E-state index contributed by atoms with van der Waals surface area (Å²) in [6.45, 7) is 5.29. The van der Waals surface area contributed by atoms with Gasteiger partial charge in [-0.25, -0.2) is 4.68 Å². The van der Waals surface area contributed by atoms with Gasteiger partial charge in [-0.15, -0.1) is 5.10 Å². The van der Waals surface area contributed by atoms with Crippen LogP contribution in [0.1, 0.15) is 24.4 Å². The molecule has 0 unspecified atom stereocenters. The first-order valence-corrected chi connectivity index (χ1v) is 10.4. The van der Waals surface area contributed by atoms with Gasteiger partial charge < -0.3 is 10.2 Å². The van der Waals surface area contributed by atoms with E-state index >= 15 is 0 Å². The van der Waals surface area contributed by atoms with Crippen molar-refractivity contribution in [3.63, 3.8) is 0 Å². The lowest BCUT2D eigenvalue weighted by atomic mass is 10.1. The lowest BCUT2D eigenvalue weighted by Crippen LogP contribution is -2.43. The molecule has 27 heavy (non-hydrogen) atoms. The SMILES string of the molecule is CN1CCN(Cc2cccc(NC(=O)CSc3nnnn3C3CC3)c2)CC1. The number of carbonyl (C=O) groups excluding carboxylic acids is 1. The van der Waals surface area contributed by atoms with Crippen LogP contribution in [0, 0.1) is 0 Å². The van der Waals surface area contributed by atoms with E-state index in [4.69, 9.17) is 0 Å². The van der Waals surface area contributed by atoms with E-state index in [1.54, 1.807) is 0 Å². The predicted molar refractivity (Wildman–Crippen MR) is 105 cm³/mol. The van der Waals surface area contributed by atoms with Crippen LogP contribution >= 0.6 is 11.8 Å². The third-order valence-electron chi connectivity index (χ3n) is 4.90. The summed E-state index contributed by atoms with van der Waals surface area (Å²) in [5, 5.41) is 15.5. The number of hydrogen-bond donors (Lipinski definition) is 1. The van der Waals surface area contributed by atoms with Gasteiger partial charge in [0.25, 0.3) is 0 Å². The maximum Gasteiger partial charge on any atom is 0.234 e. The molecule has 0 bridgehead atoms. The van der Waals surface area contributed by atoms with Gasteiger partial charge in [-0.05, 0) is 48.0 Å². The minimum absolute atomic E-state index is 0.0397. The van der Waals surface area contributed by atoms with Gasteiger partial charge in [0.1, 0.15) is 0 Å². The number of amides is 1. The van der Waals surface area contributed by atoms with E-state index in [1.807, 2.05) is 16.8 Å². The van der Waals surface area contributed by atoms with Gasteiger partial charge in [-0.1, -0.05) is 23.9 Å². The molecule has 2 aliphatic rings. The van der Waals surface area contributed by atoms with E-state index in [-0.39, 0.29) is 5.91 Å². The van der Waals surface area contributed by atoms with E-state index in [9.17, 15) is 4.79 Å². The number of aromatic nitrogens is 4. The van der Waals surface area contributed by atoms with Crippen LogP contribution in [0.15, 0.2) is 29.4 Å². The number of hydrogen-bond acceptors (Lipinski definition) is 7. The van der Waals surface area contributed by atoms with Gasteiger partial charge in [0.15, 0.2) is 0 Å². The Morgan fingerprint density at radius 1 is 1.26 bits per heavy atom. The fraction of sp³-hybridized carbons (Fsp3) is 0.556. The molecular weight excluding hydrogens is 362 g/mol. The van der Waals surface area contributed by atoms with Crippen LogP contribution in [0.25, 0.3) is 0 Å². The van der Waals surface area contributed by atoms with E-state index in [0.29, 0.717) is 11.8 Å². The van der Waals surface area contributed by atoms with Crippen LogP contribution in [0.3, 0.4) is 0 Å². The summed E-state index contributed by atoms with van der Waals surface area (Å²) < 4.78 is 1.83. The molecule has 1 aromatic heterocycles. The zero-order valence-electron chi connectivity index (χ0n) is 15.5. The van der Waals surface area contributed by atoms with Gasteiger partial charge >= 0.3 is 0 Å². The fourth-order valence-electron chi connectivity index (χ4n) is 3.17. The molecule has 2 heterocycles. The van der Waals surface area contributed by atoms with Crippen LogP contribution in [-0.2, 0) is 11.3 Å². The molecule has 1 amide bonds. The molecule has 9 heteroatoms. The van der Waals surface area contributed by atoms with Crippen LogP contribution in [-0.4, -0.2) is 74.9 Å². The van der Waals surface area contributed by atoms with E-state index in [2.05, 4.69) is 49.8 Å². The number of carbonyl (C=O) groups is 1. The van der Waals surface area contributed by atoms with Crippen molar-refractivity contribution in [2.75, 3.05) is 44.3 Å². The molecule has 0 spiro atoms. The molecule has 1 saturated heterocycles. The Kier molecular flexibility index (Phi) is 5.70. The second kappa shape index (κ2) is 8.37. The summed E-state index contributed by atoms with van der Waals surface area (Å²) in [6, 6.07) is 8.53. The molecule has 1 aliphatic carbocycles. The van der Waals surface area contributed by atoms with Crippen LogP contribution in [0.2, 0.25) is 0 Å².